The van der Waals surface area contributed by atoms with Crippen LogP contribution in [0.25, 0.3) is 0 Å². The maximum atomic E-state index is 12.6. The third-order valence-corrected chi connectivity index (χ3v) is 6.33. The van der Waals surface area contributed by atoms with E-state index in [2.05, 4.69) is 0 Å². The van der Waals surface area contributed by atoms with Crippen molar-refractivity contribution in [2.75, 3.05) is 6.54 Å². The van der Waals surface area contributed by atoms with Crippen molar-refractivity contribution in [2.45, 2.75) is 19.1 Å². The van der Waals surface area contributed by atoms with Crippen molar-refractivity contribution in [2.24, 2.45) is 0 Å². The van der Waals surface area contributed by atoms with Crippen LogP contribution in [0.2, 0.25) is 0 Å². The van der Waals surface area contributed by atoms with E-state index in [1.165, 1.54) is 0 Å². The van der Waals surface area contributed by atoms with Gasteiger partial charge in [-0.05, 0) is 29.7 Å². The standard InChI is InChI=1S/C15H13F3N2O3S2/c16-15(17,18)13-6-5-12(24-13)14(21)19-25(22,23)20-8-7-10-3-1-2-4-11(10)9-20/h1-6H,7-9H2,(H,19,21). The van der Waals surface area contributed by atoms with Gasteiger partial charge in [-0.2, -0.15) is 25.9 Å². The van der Waals surface area contributed by atoms with Gasteiger partial charge in [0.2, 0.25) is 0 Å². The minimum Gasteiger partial charge on any atom is -0.267 e. The summed E-state index contributed by atoms with van der Waals surface area (Å²) in [4.78, 5) is 10.7. The van der Waals surface area contributed by atoms with Crippen LogP contribution in [0.4, 0.5) is 13.2 Å². The zero-order valence-electron chi connectivity index (χ0n) is 12.7. The Morgan fingerprint density at radius 2 is 1.80 bits per heavy atom. The van der Waals surface area contributed by atoms with E-state index in [1.54, 1.807) is 12.1 Å². The lowest BCUT2D eigenvalue weighted by atomic mass is 10.0. The number of carbonyl (C=O) groups excluding carboxylic acids is 1. The first-order valence-corrected chi connectivity index (χ1v) is 9.48. The minimum atomic E-state index is -4.57. The lowest BCUT2D eigenvalue weighted by Gasteiger charge is -2.27. The summed E-state index contributed by atoms with van der Waals surface area (Å²) in [5.74, 6) is -1.07. The molecule has 0 aliphatic carbocycles. The van der Waals surface area contributed by atoms with E-state index in [4.69, 9.17) is 0 Å². The Bertz CT molecular complexity index is 907. The zero-order valence-corrected chi connectivity index (χ0v) is 14.3. The average Bonchev–Trinajstić information content (AvgIpc) is 3.04. The van der Waals surface area contributed by atoms with Crippen molar-refractivity contribution >= 4 is 27.5 Å². The first kappa shape index (κ1) is 17.9. The molecule has 0 bridgehead atoms. The molecule has 0 fully saturated rings. The molecule has 0 saturated carbocycles. The summed E-state index contributed by atoms with van der Waals surface area (Å²) >= 11 is 0.204. The quantitative estimate of drug-likeness (QED) is 0.877. The molecule has 134 valence electrons. The number of amides is 1. The van der Waals surface area contributed by atoms with Gasteiger partial charge in [0.1, 0.15) is 4.88 Å². The number of nitrogens with one attached hydrogen (secondary N) is 1. The van der Waals surface area contributed by atoms with Crippen LogP contribution in [-0.2, 0) is 29.4 Å². The van der Waals surface area contributed by atoms with Crippen molar-refractivity contribution in [3.05, 3.63) is 57.3 Å². The van der Waals surface area contributed by atoms with Gasteiger partial charge in [0.25, 0.3) is 5.91 Å². The summed E-state index contributed by atoms with van der Waals surface area (Å²) < 4.78 is 65.4. The Balaban J connectivity index is 1.74. The summed E-state index contributed by atoms with van der Waals surface area (Å²) in [6.07, 6.45) is -4.07. The summed E-state index contributed by atoms with van der Waals surface area (Å²) in [6, 6.07) is 9.07. The average molecular weight is 390 g/mol. The number of nitrogens with zero attached hydrogens (tertiary/aromatic N) is 1. The van der Waals surface area contributed by atoms with E-state index in [1.807, 2.05) is 16.9 Å². The second-order valence-corrected chi connectivity index (χ2v) is 8.20. The van der Waals surface area contributed by atoms with Gasteiger partial charge in [-0.3, -0.25) is 4.79 Å². The predicted molar refractivity (Wildman–Crippen MR) is 86.3 cm³/mol. The molecule has 1 aliphatic rings. The number of hydrogen-bond acceptors (Lipinski definition) is 4. The first-order valence-electron chi connectivity index (χ1n) is 7.23. The van der Waals surface area contributed by atoms with Crippen LogP contribution in [0.5, 0.6) is 0 Å². The van der Waals surface area contributed by atoms with Gasteiger partial charge >= 0.3 is 16.4 Å². The molecule has 1 aromatic heterocycles. The molecular weight excluding hydrogens is 377 g/mol. The molecule has 10 heteroatoms. The van der Waals surface area contributed by atoms with Crippen LogP contribution in [-0.4, -0.2) is 25.2 Å². The third-order valence-electron chi connectivity index (χ3n) is 3.77. The van der Waals surface area contributed by atoms with Crippen molar-refractivity contribution in [3.8, 4) is 0 Å². The number of thiophene rings is 1. The topological polar surface area (TPSA) is 66.5 Å². The van der Waals surface area contributed by atoms with Crippen LogP contribution < -0.4 is 4.72 Å². The molecule has 3 rings (SSSR count). The second-order valence-electron chi connectivity index (χ2n) is 5.45. The number of alkyl halides is 3. The lowest BCUT2D eigenvalue weighted by Crippen LogP contribution is -2.45. The van der Waals surface area contributed by atoms with Crippen LogP contribution in [0.1, 0.15) is 25.7 Å². The Morgan fingerprint density at radius 1 is 1.12 bits per heavy atom. The maximum absolute atomic E-state index is 12.6. The van der Waals surface area contributed by atoms with E-state index >= 15 is 0 Å². The van der Waals surface area contributed by atoms with Gasteiger partial charge < -0.3 is 0 Å². The van der Waals surface area contributed by atoms with Crippen molar-refractivity contribution < 1.29 is 26.4 Å². The molecule has 2 aromatic rings. The van der Waals surface area contributed by atoms with E-state index in [-0.39, 0.29) is 29.3 Å². The van der Waals surface area contributed by atoms with E-state index in [0.29, 0.717) is 6.42 Å². The SMILES string of the molecule is O=C(NS(=O)(=O)N1CCc2ccccc2C1)c1ccc(C(F)(F)F)s1. The molecule has 0 saturated heterocycles. The number of rotatable bonds is 3. The Morgan fingerprint density at radius 3 is 2.44 bits per heavy atom. The molecule has 0 radical (unpaired) electrons. The molecular formula is C15H13F3N2O3S2. The molecule has 25 heavy (non-hydrogen) atoms. The number of hydrogen-bond donors (Lipinski definition) is 1. The molecule has 0 atom stereocenters. The number of carbonyl (C=O) groups is 1. The lowest BCUT2D eigenvalue weighted by molar-refractivity contribution is -0.134. The molecule has 5 nitrogen and oxygen atoms in total. The molecule has 1 aliphatic heterocycles. The molecule has 1 aromatic carbocycles. The summed E-state index contributed by atoms with van der Waals surface area (Å²) in [5, 5.41) is 0. The highest BCUT2D eigenvalue weighted by molar-refractivity contribution is 7.87. The Labute approximate surface area is 146 Å². The number of benzene rings is 1. The first-order chi connectivity index (χ1) is 11.7. The minimum absolute atomic E-state index is 0.108. The number of fused-ring (bicyclic) bond motifs is 1. The van der Waals surface area contributed by atoms with Crippen molar-refractivity contribution in [1.82, 2.24) is 9.03 Å². The highest BCUT2D eigenvalue weighted by Gasteiger charge is 2.34. The van der Waals surface area contributed by atoms with Crippen LogP contribution in [0.3, 0.4) is 0 Å². The molecule has 2 heterocycles. The van der Waals surface area contributed by atoms with Gasteiger partial charge in [-0.15, -0.1) is 11.3 Å². The highest BCUT2D eigenvalue weighted by Crippen LogP contribution is 2.34. The molecule has 0 spiro atoms. The summed E-state index contributed by atoms with van der Waals surface area (Å²) in [6.45, 7) is 0.300. The van der Waals surface area contributed by atoms with Gasteiger partial charge in [0.15, 0.2) is 0 Å². The monoisotopic (exact) mass is 390 g/mol. The number of halogens is 3. The zero-order chi connectivity index (χ0) is 18.2. The maximum Gasteiger partial charge on any atom is 0.425 e. The predicted octanol–water partition coefficient (Wildman–Crippen LogP) is 2.80. The van der Waals surface area contributed by atoms with Gasteiger partial charge in [-0.25, -0.2) is 4.72 Å². The Hall–Kier alpha value is -1.91. The van der Waals surface area contributed by atoms with Crippen molar-refractivity contribution in [3.63, 3.8) is 0 Å². The third kappa shape index (κ3) is 3.86. The fourth-order valence-corrected chi connectivity index (χ4v) is 4.47. The van der Waals surface area contributed by atoms with Crippen LogP contribution in [0.15, 0.2) is 36.4 Å². The largest absolute Gasteiger partial charge is 0.425 e. The van der Waals surface area contributed by atoms with Crippen molar-refractivity contribution in [1.29, 1.82) is 0 Å². The second kappa shape index (κ2) is 6.43. The van der Waals surface area contributed by atoms with Gasteiger partial charge in [-0.1, -0.05) is 24.3 Å². The van der Waals surface area contributed by atoms with Gasteiger partial charge in [0, 0.05) is 13.1 Å². The van der Waals surface area contributed by atoms with Gasteiger partial charge in [0.05, 0.1) is 4.88 Å². The van der Waals surface area contributed by atoms with Crippen LogP contribution in [0, 0.1) is 0 Å². The molecule has 0 unspecified atom stereocenters. The summed E-state index contributed by atoms with van der Waals surface area (Å²) in [7, 11) is -4.14. The van der Waals surface area contributed by atoms with E-state index < -0.39 is 27.2 Å². The fourth-order valence-electron chi connectivity index (χ4n) is 2.52. The molecule has 1 amide bonds. The Kier molecular flexibility index (Phi) is 4.60. The van der Waals surface area contributed by atoms with E-state index in [0.717, 1.165) is 27.6 Å². The highest BCUT2D eigenvalue weighted by atomic mass is 32.2. The normalized spacial score (nSPS) is 15.6. The summed E-state index contributed by atoms with van der Waals surface area (Å²) in [5.41, 5.74) is 1.87. The van der Waals surface area contributed by atoms with E-state index in [9.17, 15) is 26.4 Å². The molecule has 1 N–H and O–H groups in total. The fraction of sp³-hybridized carbons (Fsp3) is 0.267. The smallest absolute Gasteiger partial charge is 0.267 e. The van der Waals surface area contributed by atoms with Crippen LogP contribution >= 0.6 is 11.3 Å².